The summed E-state index contributed by atoms with van der Waals surface area (Å²) < 4.78 is 10.8. The molecule has 4 rings (SSSR count). The van der Waals surface area contributed by atoms with Gasteiger partial charge in [0, 0.05) is 61.9 Å². The zero-order valence-electron chi connectivity index (χ0n) is 21.0. The molecule has 1 aliphatic heterocycles. The number of hydrogen-bond donors (Lipinski definition) is 1. The lowest BCUT2D eigenvalue weighted by molar-refractivity contribution is -0.132. The number of carbonyl (C=O) groups is 1. The van der Waals surface area contributed by atoms with Crippen LogP contribution >= 0.6 is 0 Å². The van der Waals surface area contributed by atoms with Crippen LogP contribution in [0.3, 0.4) is 0 Å². The van der Waals surface area contributed by atoms with E-state index in [2.05, 4.69) is 11.1 Å². The molecule has 3 aromatic rings. The molecule has 9 nitrogen and oxygen atoms in total. The van der Waals surface area contributed by atoms with Gasteiger partial charge in [0.25, 0.3) is 0 Å². The lowest BCUT2D eigenvalue weighted by atomic mass is 9.74. The zero-order chi connectivity index (χ0) is 25.0. The fourth-order valence-corrected chi connectivity index (χ4v) is 4.89. The van der Waals surface area contributed by atoms with Crippen LogP contribution in [0.4, 0.5) is 11.8 Å². The van der Waals surface area contributed by atoms with Gasteiger partial charge in [-0.25, -0.2) is 4.98 Å². The van der Waals surface area contributed by atoms with Crippen molar-refractivity contribution < 1.29 is 14.3 Å². The van der Waals surface area contributed by atoms with E-state index in [1.165, 1.54) is 0 Å². The van der Waals surface area contributed by atoms with Crippen molar-refractivity contribution in [3.05, 3.63) is 42.2 Å². The van der Waals surface area contributed by atoms with E-state index in [-0.39, 0.29) is 11.3 Å². The summed E-state index contributed by atoms with van der Waals surface area (Å²) in [6, 6.07) is 9.63. The molecule has 0 bridgehead atoms. The van der Waals surface area contributed by atoms with Gasteiger partial charge in [-0.15, -0.1) is 0 Å². The number of nitrogens with two attached hydrogens (primary N) is 1. The summed E-state index contributed by atoms with van der Waals surface area (Å²) in [6.45, 7) is 4.11. The van der Waals surface area contributed by atoms with Crippen molar-refractivity contribution in [1.29, 1.82) is 0 Å². The highest BCUT2D eigenvalue weighted by atomic mass is 16.5. The molecule has 0 unspecified atom stereocenters. The van der Waals surface area contributed by atoms with E-state index in [1.807, 2.05) is 48.2 Å². The zero-order valence-corrected chi connectivity index (χ0v) is 21.0. The van der Waals surface area contributed by atoms with Crippen LogP contribution < -0.4 is 20.1 Å². The lowest BCUT2D eigenvalue weighted by Crippen LogP contribution is -2.50. The fourth-order valence-electron chi connectivity index (χ4n) is 4.89. The first-order valence-electron chi connectivity index (χ1n) is 12.0. The minimum Gasteiger partial charge on any atom is -0.493 e. The van der Waals surface area contributed by atoms with Crippen molar-refractivity contribution in [2.24, 2.45) is 0 Å². The first kappa shape index (κ1) is 24.5. The predicted octanol–water partition coefficient (Wildman–Crippen LogP) is 3.42. The normalized spacial score (nSPS) is 15.1. The van der Waals surface area contributed by atoms with E-state index >= 15 is 0 Å². The number of hydrogen-bond acceptors (Lipinski definition) is 8. The second-order valence-corrected chi connectivity index (χ2v) is 9.12. The number of piperidine rings is 1. The molecule has 0 saturated carbocycles. The van der Waals surface area contributed by atoms with E-state index in [0.29, 0.717) is 60.2 Å². The maximum Gasteiger partial charge on any atom is 0.227 e. The van der Waals surface area contributed by atoms with E-state index < -0.39 is 0 Å². The molecule has 3 heterocycles. The molecule has 1 fully saturated rings. The summed E-state index contributed by atoms with van der Waals surface area (Å²) in [5, 5.41) is 0.710. The van der Waals surface area contributed by atoms with Crippen molar-refractivity contribution in [3.63, 3.8) is 0 Å². The maximum atomic E-state index is 12.5. The molecule has 1 saturated heterocycles. The smallest absolute Gasteiger partial charge is 0.227 e. The third-order valence-corrected chi connectivity index (χ3v) is 6.85. The van der Waals surface area contributed by atoms with Gasteiger partial charge >= 0.3 is 0 Å². The SMILES string of the molecule is CCCC(=O)N1CCC(CN(C)c2nc(N)c3cc(OC)c(OC)cc3n2)(c2ccccn2)CC1. The minimum atomic E-state index is -0.232. The lowest BCUT2D eigenvalue weighted by Gasteiger charge is -2.43. The molecule has 35 heavy (non-hydrogen) atoms. The molecule has 0 aliphatic carbocycles. The van der Waals surface area contributed by atoms with Gasteiger partial charge in [0.15, 0.2) is 11.5 Å². The number of likely N-dealkylation sites (tertiary alicyclic amines) is 1. The van der Waals surface area contributed by atoms with Crippen LogP contribution in [0.2, 0.25) is 0 Å². The van der Waals surface area contributed by atoms with Gasteiger partial charge in [0.05, 0.1) is 19.7 Å². The summed E-state index contributed by atoms with van der Waals surface area (Å²) >= 11 is 0. The van der Waals surface area contributed by atoms with Crippen molar-refractivity contribution in [2.75, 3.05) is 51.5 Å². The molecule has 0 spiro atoms. The van der Waals surface area contributed by atoms with Crippen LogP contribution in [0, 0.1) is 0 Å². The molecule has 2 aromatic heterocycles. The highest BCUT2D eigenvalue weighted by Crippen LogP contribution is 2.37. The Morgan fingerprint density at radius 1 is 1.14 bits per heavy atom. The Morgan fingerprint density at radius 3 is 2.49 bits per heavy atom. The molecule has 2 N–H and O–H groups in total. The predicted molar refractivity (Wildman–Crippen MR) is 137 cm³/mol. The summed E-state index contributed by atoms with van der Waals surface area (Å²) in [4.78, 5) is 30.6. The average molecular weight is 479 g/mol. The van der Waals surface area contributed by atoms with Gasteiger partial charge in [-0.2, -0.15) is 4.98 Å². The Hall–Kier alpha value is -3.62. The first-order chi connectivity index (χ1) is 16.9. The van der Waals surface area contributed by atoms with E-state index in [9.17, 15) is 4.79 Å². The van der Waals surface area contributed by atoms with Crippen LogP contribution in [0.1, 0.15) is 38.3 Å². The molecule has 0 radical (unpaired) electrons. The standard InChI is InChI=1S/C26H34N6O3/c1-5-8-23(33)32-13-10-26(11-14-32,22-9-6-7-12-28-22)17-31(2)25-29-19-16-21(35-4)20(34-3)15-18(19)24(27)30-25/h6-7,9,12,15-16H,5,8,10-11,13-14,17H2,1-4H3,(H2,27,29,30). The molecule has 0 atom stereocenters. The van der Waals surface area contributed by atoms with Gasteiger partial charge in [-0.3, -0.25) is 9.78 Å². The number of pyridine rings is 1. The number of benzene rings is 1. The van der Waals surface area contributed by atoms with Crippen molar-refractivity contribution in [1.82, 2.24) is 19.9 Å². The number of nitrogens with zero attached hydrogens (tertiary/aromatic N) is 5. The topological polar surface area (TPSA) is 107 Å². The number of methoxy groups -OCH3 is 2. The summed E-state index contributed by atoms with van der Waals surface area (Å²) in [6.07, 6.45) is 4.92. The third-order valence-electron chi connectivity index (χ3n) is 6.85. The van der Waals surface area contributed by atoms with E-state index in [4.69, 9.17) is 25.2 Å². The van der Waals surface area contributed by atoms with Crippen LogP contribution in [0.25, 0.3) is 10.9 Å². The summed E-state index contributed by atoms with van der Waals surface area (Å²) in [7, 11) is 5.15. The second kappa shape index (κ2) is 10.3. The molecule has 1 aromatic carbocycles. The maximum absolute atomic E-state index is 12.5. The minimum absolute atomic E-state index is 0.227. The Balaban J connectivity index is 1.64. The highest BCUT2D eigenvalue weighted by molar-refractivity contribution is 5.91. The first-order valence-corrected chi connectivity index (χ1v) is 12.0. The number of nitrogen functional groups attached to an aromatic ring is 1. The van der Waals surface area contributed by atoms with Gasteiger partial charge in [-0.1, -0.05) is 13.0 Å². The number of amides is 1. The van der Waals surface area contributed by atoms with Gasteiger partial charge in [-0.05, 0) is 37.5 Å². The van der Waals surface area contributed by atoms with Gasteiger partial charge in [0.1, 0.15) is 5.82 Å². The number of anilines is 2. The van der Waals surface area contributed by atoms with E-state index in [0.717, 1.165) is 25.0 Å². The monoisotopic (exact) mass is 478 g/mol. The van der Waals surface area contributed by atoms with Gasteiger partial charge in [0.2, 0.25) is 11.9 Å². The van der Waals surface area contributed by atoms with Crippen molar-refractivity contribution in [2.45, 2.75) is 38.0 Å². The molecular weight excluding hydrogens is 444 g/mol. The number of fused-ring (bicyclic) bond motifs is 1. The van der Waals surface area contributed by atoms with Crippen molar-refractivity contribution >= 4 is 28.6 Å². The van der Waals surface area contributed by atoms with Crippen LogP contribution in [-0.2, 0) is 10.2 Å². The number of ether oxygens (including phenoxy) is 2. The van der Waals surface area contributed by atoms with Crippen molar-refractivity contribution in [3.8, 4) is 11.5 Å². The quantitative estimate of drug-likeness (QED) is 0.525. The Bertz CT molecular complexity index is 1180. The molecule has 186 valence electrons. The Kier molecular flexibility index (Phi) is 7.23. The average Bonchev–Trinajstić information content (AvgIpc) is 2.88. The van der Waals surface area contributed by atoms with E-state index in [1.54, 1.807) is 20.3 Å². The van der Waals surface area contributed by atoms with Crippen LogP contribution in [-0.4, -0.2) is 66.7 Å². The fraction of sp³-hybridized carbons (Fsp3) is 0.462. The molecular formula is C26H34N6O3. The van der Waals surface area contributed by atoms with Crippen LogP contribution in [0.5, 0.6) is 11.5 Å². The Labute approximate surface area is 206 Å². The number of likely N-dealkylation sites (N-methyl/N-ethyl adjacent to an activating group) is 1. The molecule has 1 aliphatic rings. The highest BCUT2D eigenvalue weighted by Gasteiger charge is 2.39. The Morgan fingerprint density at radius 2 is 1.86 bits per heavy atom. The largest absolute Gasteiger partial charge is 0.493 e. The molecule has 1 amide bonds. The summed E-state index contributed by atoms with van der Waals surface area (Å²) in [5.41, 5.74) is 7.81. The third kappa shape index (κ3) is 4.94. The number of aromatic nitrogens is 3. The molecule has 9 heteroatoms. The summed E-state index contributed by atoms with van der Waals surface area (Å²) in [5.74, 6) is 2.30. The van der Waals surface area contributed by atoms with Gasteiger partial charge < -0.3 is 25.0 Å². The van der Waals surface area contributed by atoms with Crippen LogP contribution in [0.15, 0.2) is 36.5 Å². The number of rotatable bonds is 8. The second-order valence-electron chi connectivity index (χ2n) is 9.12. The number of carbonyl (C=O) groups excluding carboxylic acids is 1.